The van der Waals surface area contributed by atoms with Gasteiger partial charge < -0.3 is 56.8 Å². The van der Waals surface area contributed by atoms with E-state index in [0.717, 1.165) is 205 Å². The van der Waals surface area contributed by atoms with Crippen molar-refractivity contribution < 1.29 is 95.2 Å². The van der Waals surface area contributed by atoms with E-state index in [1.165, 1.54) is 147 Å². The third-order valence-corrected chi connectivity index (χ3v) is 31.7. The van der Waals surface area contributed by atoms with Crippen molar-refractivity contribution in [3.05, 3.63) is 25.3 Å². The summed E-state index contributed by atoms with van der Waals surface area (Å²) in [6.07, 6.45) is 60.3. The fraction of sp³-hybridized carbons (Fsp3) is 0.890. The van der Waals surface area contributed by atoms with Crippen LogP contribution < -0.4 is 0 Å². The van der Waals surface area contributed by atoms with E-state index in [1.54, 1.807) is 0 Å². The zero-order valence-corrected chi connectivity index (χ0v) is 81.6. The Labute approximate surface area is 780 Å². The second-order valence-electron chi connectivity index (χ2n) is 41.5. The summed E-state index contributed by atoms with van der Waals surface area (Å²) in [5.41, 5.74) is 0. The van der Waals surface area contributed by atoms with Gasteiger partial charge in [-0.05, 0) is 279 Å². The van der Waals surface area contributed by atoms with Crippen LogP contribution in [-0.4, -0.2) is 148 Å². The van der Waals surface area contributed by atoms with Gasteiger partial charge in [0.25, 0.3) is 0 Å². The molecule has 0 amide bonds. The molecule has 0 heterocycles. The molecule has 9 aliphatic rings. The summed E-state index contributed by atoms with van der Waals surface area (Å²) < 4.78 is 76.6. The SMILES string of the molecule is C=CC(=O)OCCCCCCOC1CCC(C(=O)OC2CCC(OC(=O)C3CCC(CCCCCC)CC3)C(C(=O)OC3CC(C4CCC(C5CCC(OCCCCCCCCC)C(OC(=O)C6CC(OC(=O)C7CCC(OCCCCCCOC(=O)C=C)CC7)CCC6OC(=O)C6CCC(CCCCCCC)CC6)C5)CC4)CCC3OCCCCCCCCC)C2)CC1. The molecule has 20 nitrogen and oxygen atoms in total. The number of carbonyl (C=O) groups is 8. The molecule has 9 saturated carbocycles. The summed E-state index contributed by atoms with van der Waals surface area (Å²) in [6, 6.07) is 0. The lowest BCUT2D eigenvalue weighted by atomic mass is 9.65. The largest absolute Gasteiger partial charge is 0.463 e. The van der Waals surface area contributed by atoms with Crippen LogP contribution in [0.2, 0.25) is 0 Å². The highest BCUT2D eigenvalue weighted by atomic mass is 16.6. The molecule has 129 heavy (non-hydrogen) atoms. The molecular weight excluding hydrogens is 1630 g/mol. The molecule has 0 aromatic carbocycles. The molecule has 0 aromatic rings. The molecule has 0 N–H and O–H groups in total. The quantitative estimate of drug-likeness (QED) is 0.0238. The first-order valence-electron chi connectivity index (χ1n) is 54.3. The summed E-state index contributed by atoms with van der Waals surface area (Å²) in [6.45, 7) is 19.2. The van der Waals surface area contributed by atoms with E-state index in [2.05, 4.69) is 40.9 Å². The maximum atomic E-state index is 15.5. The number of unbranched alkanes of at least 4 members (excludes halogenated alkanes) is 25. The van der Waals surface area contributed by atoms with Crippen LogP contribution in [0.25, 0.3) is 0 Å². The summed E-state index contributed by atoms with van der Waals surface area (Å²) in [5.74, 6) is -2.20. The second kappa shape index (κ2) is 63.4. The van der Waals surface area contributed by atoms with Gasteiger partial charge in [0.05, 0.1) is 73.1 Å². The topological polar surface area (TPSA) is 247 Å². The van der Waals surface area contributed by atoms with Crippen molar-refractivity contribution in [1.29, 1.82) is 0 Å². The summed E-state index contributed by atoms with van der Waals surface area (Å²) in [5, 5.41) is 0. The lowest BCUT2D eigenvalue weighted by Gasteiger charge is -2.44. The van der Waals surface area contributed by atoms with Gasteiger partial charge in [-0.15, -0.1) is 0 Å². The average Bonchev–Trinajstić information content (AvgIpc) is 0.840. The molecule has 9 rings (SSSR count). The Morgan fingerprint density at radius 2 is 0.496 bits per heavy atom. The molecule has 738 valence electrons. The maximum absolute atomic E-state index is 15.5. The first kappa shape index (κ1) is 108. The molecule has 9 fully saturated rings. The minimum Gasteiger partial charge on any atom is -0.463 e. The molecule has 12 atom stereocenters. The van der Waals surface area contributed by atoms with Crippen LogP contribution in [0.5, 0.6) is 0 Å². The monoisotopic (exact) mass is 1810 g/mol. The van der Waals surface area contributed by atoms with Crippen LogP contribution in [0.15, 0.2) is 25.3 Å². The molecule has 20 heteroatoms. The van der Waals surface area contributed by atoms with Crippen LogP contribution in [-0.2, 0) is 95.2 Å². The molecule has 12 unspecified atom stereocenters. The lowest BCUT2D eigenvalue weighted by Crippen LogP contribution is -2.47. The Balaban J connectivity index is 0.845. The Bertz CT molecular complexity index is 3100. The highest BCUT2D eigenvalue weighted by Crippen LogP contribution is 2.48. The predicted molar refractivity (Wildman–Crippen MR) is 505 cm³/mol. The number of carbonyl (C=O) groups excluding carboxylic acids is 8. The highest BCUT2D eigenvalue weighted by Gasteiger charge is 2.49. The van der Waals surface area contributed by atoms with Gasteiger partial charge in [-0.3, -0.25) is 28.8 Å². The summed E-state index contributed by atoms with van der Waals surface area (Å²) in [7, 11) is 0. The van der Waals surface area contributed by atoms with E-state index in [1.807, 2.05) is 0 Å². The number of hydrogen-bond acceptors (Lipinski definition) is 20. The first-order chi connectivity index (χ1) is 63.0. The van der Waals surface area contributed by atoms with E-state index in [4.69, 9.17) is 56.8 Å². The minimum atomic E-state index is -0.798. The van der Waals surface area contributed by atoms with Gasteiger partial charge in [0.2, 0.25) is 0 Å². The van der Waals surface area contributed by atoms with E-state index in [-0.39, 0.29) is 96.7 Å². The van der Waals surface area contributed by atoms with Gasteiger partial charge in [-0.2, -0.15) is 0 Å². The smallest absolute Gasteiger partial charge is 0.330 e. The van der Waals surface area contributed by atoms with Crippen molar-refractivity contribution in [2.24, 2.45) is 71.0 Å². The second-order valence-corrected chi connectivity index (χ2v) is 41.5. The Hall–Kier alpha value is -4.92. The fourth-order valence-corrected chi connectivity index (χ4v) is 23.4. The zero-order valence-electron chi connectivity index (χ0n) is 81.6. The third-order valence-electron chi connectivity index (χ3n) is 31.7. The summed E-state index contributed by atoms with van der Waals surface area (Å²) in [4.78, 5) is 111. The first-order valence-corrected chi connectivity index (χ1v) is 54.3. The van der Waals surface area contributed by atoms with Crippen LogP contribution in [0, 0.1) is 71.0 Å². The highest BCUT2D eigenvalue weighted by molar-refractivity contribution is 5.82. The molecule has 0 aromatic heterocycles. The van der Waals surface area contributed by atoms with Crippen molar-refractivity contribution in [2.75, 3.05) is 39.6 Å². The van der Waals surface area contributed by atoms with Crippen molar-refractivity contribution >= 4 is 47.8 Å². The lowest BCUT2D eigenvalue weighted by molar-refractivity contribution is -0.187. The van der Waals surface area contributed by atoms with E-state index >= 15 is 9.59 Å². The van der Waals surface area contributed by atoms with Crippen LogP contribution >= 0.6 is 0 Å². The zero-order chi connectivity index (χ0) is 91.4. The van der Waals surface area contributed by atoms with Gasteiger partial charge in [-0.1, -0.05) is 201 Å². The fourth-order valence-electron chi connectivity index (χ4n) is 23.4. The molecule has 0 saturated heterocycles. The van der Waals surface area contributed by atoms with Crippen molar-refractivity contribution in [2.45, 2.75) is 506 Å². The molecule has 0 aliphatic heterocycles. The number of rotatable bonds is 61. The number of esters is 8. The van der Waals surface area contributed by atoms with Crippen LogP contribution in [0.1, 0.15) is 445 Å². The third kappa shape index (κ3) is 40.1. The van der Waals surface area contributed by atoms with Gasteiger partial charge in [0.1, 0.15) is 36.6 Å². The van der Waals surface area contributed by atoms with Gasteiger partial charge >= 0.3 is 47.8 Å². The van der Waals surface area contributed by atoms with E-state index < -0.39 is 60.4 Å². The van der Waals surface area contributed by atoms with Crippen molar-refractivity contribution in [1.82, 2.24) is 0 Å². The van der Waals surface area contributed by atoms with Crippen LogP contribution in [0.4, 0.5) is 0 Å². The standard InChI is InChI=1S/C109H182O20/c1-7-13-17-21-23-26-36-72-120-98-66-58-88(76-100(98)128-108(116)94-78-92(64-68-96(94)126-106(114)84-46-42-80(43-47-84)40-32-20-16-10-4)124-104(112)86-54-60-90(61-55-86)118-70-34-28-30-38-74-122-102(110)11-5)82-50-52-83(53-51-82)89-59-67-99(121-73-37-27-24-22-18-14-8-2)101(77-89)129-109(117)95-79-93(65-69-97(95)127-107(115)85-48-44-81(45-49-85)41-33-25-19-15-9-3)125-105(113)87-56-62-91(63-57-87)119-71-35-29-31-39-75-123-103(111)12-6/h11-12,80-101H,5-10,13-79H2,1-4H3. The average molecular weight is 1810 g/mol. The molecule has 0 bridgehead atoms. The van der Waals surface area contributed by atoms with E-state index in [0.29, 0.717) is 139 Å². The Kier molecular flexibility index (Phi) is 53.0. The molecule has 9 aliphatic carbocycles. The van der Waals surface area contributed by atoms with Gasteiger partial charge in [-0.25, -0.2) is 9.59 Å². The summed E-state index contributed by atoms with van der Waals surface area (Å²) >= 11 is 0. The predicted octanol–water partition coefficient (Wildman–Crippen LogP) is 25.4. The Morgan fingerprint density at radius 3 is 0.837 bits per heavy atom. The van der Waals surface area contributed by atoms with Crippen molar-refractivity contribution in [3.8, 4) is 0 Å². The minimum absolute atomic E-state index is 0.0865. The molecule has 0 spiro atoms. The normalized spacial score (nSPS) is 30.4. The van der Waals surface area contributed by atoms with Crippen molar-refractivity contribution in [3.63, 3.8) is 0 Å². The van der Waals surface area contributed by atoms with Crippen LogP contribution in [0.3, 0.4) is 0 Å². The van der Waals surface area contributed by atoms with E-state index in [9.17, 15) is 28.8 Å². The molecular formula is C109H182O20. The van der Waals surface area contributed by atoms with Gasteiger partial charge in [0.15, 0.2) is 0 Å². The number of hydrogen-bond donors (Lipinski definition) is 0. The number of ether oxygens (including phenoxy) is 12. The maximum Gasteiger partial charge on any atom is 0.330 e. The molecule has 0 radical (unpaired) electrons. The Morgan fingerprint density at radius 1 is 0.233 bits per heavy atom. The van der Waals surface area contributed by atoms with Gasteiger partial charge in [0, 0.05) is 51.4 Å².